The van der Waals surface area contributed by atoms with Crippen molar-refractivity contribution in [1.29, 1.82) is 0 Å². The highest BCUT2D eigenvalue weighted by Gasteiger charge is 2.48. The van der Waals surface area contributed by atoms with Gasteiger partial charge in [-0.2, -0.15) is 0 Å². The van der Waals surface area contributed by atoms with E-state index in [2.05, 4.69) is 5.32 Å². The first kappa shape index (κ1) is 11.9. The lowest BCUT2D eigenvalue weighted by atomic mass is 9.57. The predicted molar refractivity (Wildman–Crippen MR) is 64.9 cm³/mol. The molecule has 2 fully saturated rings. The number of hydrogen-bond acceptors (Lipinski definition) is 2. The molecule has 3 N–H and O–H groups in total. The van der Waals surface area contributed by atoms with Crippen LogP contribution < -0.4 is 11.1 Å². The Hall–Kier alpha value is -0.570. The molecule has 0 aromatic rings. The van der Waals surface area contributed by atoms with Crippen LogP contribution >= 0.6 is 0 Å². The number of hydrogen-bond donors (Lipinski definition) is 2. The minimum atomic E-state index is -0.560. The predicted octanol–water partition coefficient (Wildman–Crippen LogP) is 1.95. The molecule has 1 amide bonds. The van der Waals surface area contributed by atoms with Gasteiger partial charge in [0.2, 0.25) is 5.91 Å². The number of nitrogens with one attached hydrogen (secondary N) is 1. The monoisotopic (exact) mass is 224 g/mol. The van der Waals surface area contributed by atoms with Crippen molar-refractivity contribution in [3.63, 3.8) is 0 Å². The van der Waals surface area contributed by atoms with Crippen LogP contribution in [-0.2, 0) is 4.79 Å². The number of primary amides is 1. The van der Waals surface area contributed by atoms with E-state index in [0.29, 0.717) is 11.5 Å². The van der Waals surface area contributed by atoms with E-state index in [-0.39, 0.29) is 5.91 Å². The summed E-state index contributed by atoms with van der Waals surface area (Å²) in [6, 6.07) is 0.510. The van der Waals surface area contributed by atoms with Gasteiger partial charge in [-0.05, 0) is 44.9 Å². The maximum atomic E-state index is 11.3. The molecule has 3 heteroatoms. The molecule has 92 valence electrons. The van der Waals surface area contributed by atoms with Crippen molar-refractivity contribution in [2.75, 3.05) is 0 Å². The molecule has 1 spiro atoms. The molecule has 3 nitrogen and oxygen atoms in total. The number of rotatable bonds is 3. The summed E-state index contributed by atoms with van der Waals surface area (Å²) in [6.45, 7) is 3.79. The van der Waals surface area contributed by atoms with Gasteiger partial charge in [0, 0.05) is 6.04 Å². The summed E-state index contributed by atoms with van der Waals surface area (Å²) >= 11 is 0. The molecule has 0 radical (unpaired) electrons. The van der Waals surface area contributed by atoms with Gasteiger partial charge in [0.15, 0.2) is 0 Å². The van der Waals surface area contributed by atoms with Gasteiger partial charge in [0.25, 0.3) is 0 Å². The van der Waals surface area contributed by atoms with Crippen LogP contribution in [0, 0.1) is 5.41 Å². The lowest BCUT2D eigenvalue weighted by Crippen LogP contribution is -2.63. The zero-order valence-electron chi connectivity index (χ0n) is 10.5. The first-order valence-electron chi connectivity index (χ1n) is 6.54. The number of amides is 1. The van der Waals surface area contributed by atoms with Crippen molar-refractivity contribution in [2.45, 2.75) is 70.4 Å². The number of carbonyl (C=O) groups excluding carboxylic acids is 1. The Bertz CT molecular complexity index is 280. The number of nitrogens with two attached hydrogens (primary N) is 1. The Balaban J connectivity index is 1.98. The van der Waals surface area contributed by atoms with Crippen molar-refractivity contribution in [2.24, 2.45) is 11.1 Å². The second-order valence-corrected chi connectivity index (χ2v) is 6.15. The Labute approximate surface area is 98.2 Å². The molecule has 1 unspecified atom stereocenters. The van der Waals surface area contributed by atoms with Crippen LogP contribution in [0.1, 0.15) is 58.8 Å². The van der Waals surface area contributed by atoms with E-state index in [4.69, 9.17) is 5.73 Å². The summed E-state index contributed by atoms with van der Waals surface area (Å²) in [5.41, 5.74) is 5.34. The van der Waals surface area contributed by atoms with E-state index in [1.807, 2.05) is 13.8 Å². The van der Waals surface area contributed by atoms with Crippen LogP contribution in [0.4, 0.5) is 0 Å². The molecule has 16 heavy (non-hydrogen) atoms. The Kier molecular flexibility index (Phi) is 2.99. The minimum absolute atomic E-state index is 0.245. The molecule has 0 saturated heterocycles. The van der Waals surface area contributed by atoms with Crippen LogP contribution in [0.2, 0.25) is 0 Å². The largest absolute Gasteiger partial charge is 0.368 e. The average Bonchev–Trinajstić information content (AvgIpc) is 2.26. The highest BCUT2D eigenvalue weighted by atomic mass is 16.1. The van der Waals surface area contributed by atoms with Gasteiger partial charge in [-0.3, -0.25) is 4.79 Å². The third kappa shape index (κ3) is 1.97. The third-order valence-electron chi connectivity index (χ3n) is 4.67. The normalized spacial score (nSPS) is 28.8. The fourth-order valence-corrected chi connectivity index (χ4v) is 3.28. The summed E-state index contributed by atoms with van der Waals surface area (Å²) in [5.74, 6) is -0.245. The van der Waals surface area contributed by atoms with Crippen molar-refractivity contribution >= 4 is 5.91 Å². The van der Waals surface area contributed by atoms with Crippen LogP contribution in [0.25, 0.3) is 0 Å². The summed E-state index contributed by atoms with van der Waals surface area (Å²) < 4.78 is 0. The van der Waals surface area contributed by atoms with Crippen LogP contribution in [0.5, 0.6) is 0 Å². The maximum absolute atomic E-state index is 11.3. The van der Waals surface area contributed by atoms with Gasteiger partial charge in [0.1, 0.15) is 0 Å². The van der Waals surface area contributed by atoms with Gasteiger partial charge in [-0.15, -0.1) is 0 Å². The van der Waals surface area contributed by atoms with Crippen molar-refractivity contribution in [3.05, 3.63) is 0 Å². The smallest absolute Gasteiger partial charge is 0.237 e. The molecular formula is C13H24N2O. The quantitative estimate of drug-likeness (QED) is 0.770. The summed E-state index contributed by atoms with van der Waals surface area (Å²) in [4.78, 5) is 11.3. The van der Waals surface area contributed by atoms with Crippen molar-refractivity contribution in [3.8, 4) is 0 Å². The number of carbonyl (C=O) groups is 1. The Morgan fingerprint density at radius 1 is 1.25 bits per heavy atom. The van der Waals surface area contributed by atoms with Gasteiger partial charge in [-0.1, -0.05) is 19.3 Å². The van der Waals surface area contributed by atoms with Crippen LogP contribution in [0.3, 0.4) is 0 Å². The molecule has 0 aromatic carbocycles. The minimum Gasteiger partial charge on any atom is -0.368 e. The van der Waals surface area contributed by atoms with E-state index >= 15 is 0 Å². The highest BCUT2D eigenvalue weighted by molar-refractivity contribution is 5.83. The van der Waals surface area contributed by atoms with Crippen LogP contribution in [-0.4, -0.2) is 17.5 Å². The Morgan fingerprint density at radius 3 is 2.31 bits per heavy atom. The molecular weight excluding hydrogens is 200 g/mol. The fourth-order valence-electron chi connectivity index (χ4n) is 3.28. The molecule has 2 rings (SSSR count). The Morgan fingerprint density at radius 2 is 1.88 bits per heavy atom. The first-order valence-corrected chi connectivity index (χ1v) is 6.54. The molecule has 0 aromatic heterocycles. The summed E-state index contributed by atoms with van der Waals surface area (Å²) in [6.07, 6.45) is 9.30. The third-order valence-corrected chi connectivity index (χ3v) is 4.67. The van der Waals surface area contributed by atoms with E-state index in [9.17, 15) is 4.79 Å². The molecule has 2 saturated carbocycles. The molecule has 2 aliphatic carbocycles. The average molecular weight is 224 g/mol. The molecule has 0 aliphatic heterocycles. The standard InChI is InChI=1S/C13H24N2O/c1-12(2,11(14)16)15-10-6-9-13(10)7-4-3-5-8-13/h10,15H,3-9H2,1-2H3,(H2,14,16). The second kappa shape index (κ2) is 4.02. The highest BCUT2D eigenvalue weighted by Crippen LogP contribution is 2.52. The van der Waals surface area contributed by atoms with Gasteiger partial charge in [0.05, 0.1) is 5.54 Å². The van der Waals surface area contributed by atoms with E-state index in [0.717, 1.165) is 0 Å². The SMILES string of the molecule is CC(C)(NC1CCC12CCCCC2)C(N)=O. The summed E-state index contributed by atoms with van der Waals surface area (Å²) in [7, 11) is 0. The van der Waals surface area contributed by atoms with Crippen molar-refractivity contribution < 1.29 is 4.79 Å². The zero-order chi connectivity index (χ0) is 11.8. The molecule has 1 atom stereocenters. The zero-order valence-corrected chi connectivity index (χ0v) is 10.5. The van der Waals surface area contributed by atoms with Crippen LogP contribution in [0.15, 0.2) is 0 Å². The summed E-state index contributed by atoms with van der Waals surface area (Å²) in [5, 5.41) is 3.48. The second-order valence-electron chi connectivity index (χ2n) is 6.15. The van der Waals surface area contributed by atoms with Gasteiger partial charge < -0.3 is 11.1 Å². The lowest BCUT2D eigenvalue weighted by Gasteiger charge is -2.54. The van der Waals surface area contributed by atoms with Crippen molar-refractivity contribution in [1.82, 2.24) is 5.32 Å². The fraction of sp³-hybridized carbons (Fsp3) is 0.923. The molecule has 0 heterocycles. The topological polar surface area (TPSA) is 55.1 Å². The molecule has 0 bridgehead atoms. The lowest BCUT2D eigenvalue weighted by molar-refractivity contribution is -0.125. The van der Waals surface area contributed by atoms with E-state index in [1.165, 1.54) is 44.9 Å². The maximum Gasteiger partial charge on any atom is 0.237 e. The van der Waals surface area contributed by atoms with Gasteiger partial charge >= 0.3 is 0 Å². The van der Waals surface area contributed by atoms with E-state index in [1.54, 1.807) is 0 Å². The van der Waals surface area contributed by atoms with E-state index < -0.39 is 5.54 Å². The molecule has 2 aliphatic rings. The first-order chi connectivity index (χ1) is 7.46. The van der Waals surface area contributed by atoms with Gasteiger partial charge in [-0.25, -0.2) is 0 Å².